The zero-order valence-electron chi connectivity index (χ0n) is 9.97. The molecule has 2 rings (SSSR count). The predicted octanol–water partition coefficient (Wildman–Crippen LogP) is 1.42. The number of ketones is 1. The Morgan fingerprint density at radius 1 is 1.47 bits per heavy atom. The number of aliphatic hydroxyl groups is 1. The van der Waals surface area contributed by atoms with Crippen LogP contribution in [0.3, 0.4) is 0 Å². The molecule has 1 atom stereocenters. The third kappa shape index (κ3) is 3.28. The van der Waals surface area contributed by atoms with Gasteiger partial charge in [0.1, 0.15) is 24.1 Å². The van der Waals surface area contributed by atoms with Gasteiger partial charge in [0.15, 0.2) is 5.78 Å². The van der Waals surface area contributed by atoms with Crippen molar-refractivity contribution in [3.8, 4) is 5.75 Å². The monoisotopic (exact) mass is 236 g/mol. The van der Waals surface area contributed by atoms with Crippen LogP contribution in [-0.4, -0.2) is 35.8 Å². The van der Waals surface area contributed by atoms with Gasteiger partial charge in [0.2, 0.25) is 0 Å². The van der Waals surface area contributed by atoms with Gasteiger partial charge < -0.3 is 14.6 Å². The van der Waals surface area contributed by atoms with E-state index in [0.717, 1.165) is 6.61 Å². The summed E-state index contributed by atoms with van der Waals surface area (Å²) in [5, 5.41) is 9.60. The quantitative estimate of drug-likeness (QED) is 0.620. The summed E-state index contributed by atoms with van der Waals surface area (Å²) < 4.78 is 10.5. The maximum Gasteiger partial charge on any atom is 0.193 e. The van der Waals surface area contributed by atoms with Crippen LogP contribution >= 0.6 is 0 Å². The van der Waals surface area contributed by atoms with E-state index in [1.165, 1.54) is 13.8 Å². The van der Waals surface area contributed by atoms with Gasteiger partial charge in [-0.1, -0.05) is 0 Å². The number of ether oxygens (including phenoxy) is 2. The van der Waals surface area contributed by atoms with Crippen molar-refractivity contribution >= 4 is 5.78 Å². The predicted molar refractivity (Wildman–Crippen MR) is 62.3 cm³/mol. The Labute approximate surface area is 100 Å². The molecule has 4 heteroatoms. The van der Waals surface area contributed by atoms with Gasteiger partial charge in [-0.05, 0) is 38.1 Å². The third-order valence-corrected chi connectivity index (χ3v) is 2.51. The van der Waals surface area contributed by atoms with E-state index in [0.29, 0.717) is 17.9 Å². The largest absolute Gasteiger partial charge is 0.491 e. The van der Waals surface area contributed by atoms with Crippen molar-refractivity contribution < 1.29 is 19.4 Å². The topological polar surface area (TPSA) is 59.1 Å². The second kappa shape index (κ2) is 4.47. The Bertz CT molecular complexity index is 398. The van der Waals surface area contributed by atoms with E-state index < -0.39 is 5.60 Å². The average molecular weight is 236 g/mol. The van der Waals surface area contributed by atoms with Crippen molar-refractivity contribution in [1.29, 1.82) is 0 Å². The fourth-order valence-corrected chi connectivity index (χ4v) is 1.41. The van der Waals surface area contributed by atoms with E-state index in [1.807, 2.05) is 0 Å². The van der Waals surface area contributed by atoms with Crippen LogP contribution in [0.5, 0.6) is 5.75 Å². The van der Waals surface area contributed by atoms with E-state index in [9.17, 15) is 9.90 Å². The van der Waals surface area contributed by atoms with E-state index in [1.54, 1.807) is 24.3 Å². The highest BCUT2D eigenvalue weighted by Gasteiger charge is 2.25. The van der Waals surface area contributed by atoms with Crippen molar-refractivity contribution in [2.75, 3.05) is 13.2 Å². The van der Waals surface area contributed by atoms with Crippen LogP contribution in [-0.2, 0) is 4.74 Å². The molecule has 1 aromatic carbocycles. The number of hydrogen-bond donors (Lipinski definition) is 1. The molecule has 1 aliphatic heterocycles. The number of Topliss-reactive ketones (excluding diaryl/α,β-unsaturated/α-hetero) is 1. The van der Waals surface area contributed by atoms with Gasteiger partial charge in [-0.2, -0.15) is 0 Å². The fourth-order valence-electron chi connectivity index (χ4n) is 1.41. The van der Waals surface area contributed by atoms with E-state index in [4.69, 9.17) is 9.47 Å². The molecule has 0 spiro atoms. The molecule has 17 heavy (non-hydrogen) atoms. The fraction of sp³-hybridized carbons (Fsp3) is 0.462. The molecule has 0 amide bonds. The van der Waals surface area contributed by atoms with Crippen molar-refractivity contribution in [3.05, 3.63) is 29.8 Å². The molecule has 0 radical (unpaired) electrons. The van der Waals surface area contributed by atoms with Crippen molar-refractivity contribution in [1.82, 2.24) is 0 Å². The normalized spacial score (nSPS) is 18.9. The minimum Gasteiger partial charge on any atom is -0.491 e. The SMILES string of the molecule is CC(C)(O)C(=O)c1ccc(OCC2CO2)cc1. The number of carbonyl (C=O) groups is 1. The Hall–Kier alpha value is -1.39. The Morgan fingerprint density at radius 3 is 2.53 bits per heavy atom. The molecular formula is C13H16O4. The first-order valence-electron chi connectivity index (χ1n) is 5.58. The Kier molecular flexibility index (Phi) is 3.17. The van der Waals surface area contributed by atoms with Crippen LogP contribution in [0.4, 0.5) is 0 Å². The summed E-state index contributed by atoms with van der Waals surface area (Å²) in [5.41, 5.74) is -0.864. The number of benzene rings is 1. The van der Waals surface area contributed by atoms with E-state index in [-0.39, 0.29) is 11.9 Å². The number of epoxide rings is 1. The molecule has 1 aromatic rings. The summed E-state index contributed by atoms with van der Waals surface area (Å²) in [6.45, 7) is 4.25. The molecule has 1 saturated heterocycles. The molecular weight excluding hydrogens is 220 g/mol. The molecule has 92 valence electrons. The number of hydrogen-bond acceptors (Lipinski definition) is 4. The summed E-state index contributed by atoms with van der Waals surface area (Å²) >= 11 is 0. The molecule has 1 N–H and O–H groups in total. The minimum absolute atomic E-state index is 0.215. The van der Waals surface area contributed by atoms with Crippen LogP contribution in [0.2, 0.25) is 0 Å². The first-order valence-corrected chi connectivity index (χ1v) is 5.58. The first kappa shape index (κ1) is 12.1. The maximum atomic E-state index is 11.7. The summed E-state index contributed by atoms with van der Waals surface area (Å²) in [6.07, 6.45) is 0.215. The number of carbonyl (C=O) groups excluding carboxylic acids is 1. The summed E-state index contributed by atoms with van der Waals surface area (Å²) in [4.78, 5) is 11.7. The van der Waals surface area contributed by atoms with Crippen molar-refractivity contribution in [2.24, 2.45) is 0 Å². The molecule has 0 saturated carbocycles. The lowest BCUT2D eigenvalue weighted by Crippen LogP contribution is -2.30. The van der Waals surface area contributed by atoms with Gasteiger partial charge in [-0.3, -0.25) is 4.79 Å². The second-order valence-electron chi connectivity index (χ2n) is 4.68. The highest BCUT2D eigenvalue weighted by Crippen LogP contribution is 2.18. The standard InChI is InChI=1S/C13H16O4/c1-13(2,15)12(14)9-3-5-10(6-4-9)16-7-11-8-17-11/h3-6,11,15H,7-8H2,1-2H3. The zero-order valence-corrected chi connectivity index (χ0v) is 9.97. The summed E-state index contributed by atoms with van der Waals surface area (Å²) in [6, 6.07) is 6.76. The maximum absolute atomic E-state index is 11.7. The molecule has 1 aliphatic rings. The van der Waals surface area contributed by atoms with Crippen LogP contribution in [0, 0.1) is 0 Å². The lowest BCUT2D eigenvalue weighted by atomic mass is 9.97. The zero-order chi connectivity index (χ0) is 12.5. The van der Waals surface area contributed by atoms with Gasteiger partial charge in [0.25, 0.3) is 0 Å². The number of rotatable bonds is 5. The highest BCUT2D eigenvalue weighted by molar-refractivity contribution is 6.01. The van der Waals surface area contributed by atoms with Gasteiger partial charge >= 0.3 is 0 Å². The Balaban J connectivity index is 1.99. The third-order valence-electron chi connectivity index (χ3n) is 2.51. The molecule has 1 unspecified atom stereocenters. The van der Waals surface area contributed by atoms with Crippen LogP contribution in [0.25, 0.3) is 0 Å². The smallest absolute Gasteiger partial charge is 0.193 e. The lowest BCUT2D eigenvalue weighted by Gasteiger charge is -2.15. The highest BCUT2D eigenvalue weighted by atomic mass is 16.6. The molecule has 4 nitrogen and oxygen atoms in total. The first-order chi connectivity index (χ1) is 7.97. The Morgan fingerprint density at radius 2 is 2.06 bits per heavy atom. The van der Waals surface area contributed by atoms with Gasteiger partial charge in [0.05, 0.1) is 6.61 Å². The van der Waals surface area contributed by atoms with Crippen molar-refractivity contribution in [3.63, 3.8) is 0 Å². The van der Waals surface area contributed by atoms with E-state index >= 15 is 0 Å². The van der Waals surface area contributed by atoms with Crippen molar-refractivity contribution in [2.45, 2.75) is 25.6 Å². The van der Waals surface area contributed by atoms with Crippen LogP contribution in [0.1, 0.15) is 24.2 Å². The molecule has 1 fully saturated rings. The molecule has 0 aromatic heterocycles. The molecule has 1 heterocycles. The molecule has 0 aliphatic carbocycles. The minimum atomic E-state index is -1.34. The van der Waals surface area contributed by atoms with Gasteiger partial charge in [0, 0.05) is 5.56 Å². The van der Waals surface area contributed by atoms with E-state index in [2.05, 4.69) is 0 Å². The summed E-state index contributed by atoms with van der Waals surface area (Å²) in [7, 11) is 0. The van der Waals surface area contributed by atoms with Gasteiger partial charge in [-0.15, -0.1) is 0 Å². The van der Waals surface area contributed by atoms with Crippen LogP contribution in [0.15, 0.2) is 24.3 Å². The van der Waals surface area contributed by atoms with Crippen LogP contribution < -0.4 is 4.74 Å². The second-order valence-corrected chi connectivity index (χ2v) is 4.68. The molecule has 0 bridgehead atoms. The average Bonchev–Trinajstić information content (AvgIpc) is 3.09. The van der Waals surface area contributed by atoms with Gasteiger partial charge in [-0.25, -0.2) is 0 Å². The summed E-state index contributed by atoms with van der Waals surface area (Å²) in [5.74, 6) is 0.405. The lowest BCUT2D eigenvalue weighted by molar-refractivity contribution is 0.0488.